The molecular formula is C19H20FN3O3. The molecule has 0 aliphatic rings. The molecule has 0 aromatic heterocycles. The summed E-state index contributed by atoms with van der Waals surface area (Å²) >= 11 is 0. The maximum Gasteiger partial charge on any atom is 0.251 e. The van der Waals surface area contributed by atoms with Gasteiger partial charge in [-0.3, -0.25) is 14.4 Å². The first kappa shape index (κ1) is 19.1. The van der Waals surface area contributed by atoms with Gasteiger partial charge in [-0.2, -0.15) is 0 Å². The molecule has 0 bridgehead atoms. The summed E-state index contributed by atoms with van der Waals surface area (Å²) in [5.41, 5.74) is 1.95. The van der Waals surface area contributed by atoms with Gasteiger partial charge in [-0.15, -0.1) is 0 Å². The number of carbonyl (C=O) groups excluding carboxylic acids is 3. The largest absolute Gasteiger partial charge is 0.345 e. The molecule has 0 saturated carbocycles. The Hall–Kier alpha value is -3.22. The summed E-state index contributed by atoms with van der Waals surface area (Å²) in [5.74, 6) is -1.81. The summed E-state index contributed by atoms with van der Waals surface area (Å²) in [6.07, 6.45) is 0.776. The lowest BCUT2D eigenvalue weighted by Crippen LogP contribution is -2.40. The fraction of sp³-hybridized carbons (Fsp3) is 0.211. The third-order valence-electron chi connectivity index (χ3n) is 3.63. The molecule has 2 aromatic rings. The highest BCUT2D eigenvalue weighted by Gasteiger charge is 2.10. The Labute approximate surface area is 150 Å². The fourth-order valence-electron chi connectivity index (χ4n) is 2.25. The minimum atomic E-state index is -0.501. The average molecular weight is 357 g/mol. The average Bonchev–Trinajstić information content (AvgIpc) is 2.65. The van der Waals surface area contributed by atoms with Gasteiger partial charge in [-0.25, -0.2) is 4.39 Å². The van der Waals surface area contributed by atoms with Crippen molar-refractivity contribution >= 4 is 23.4 Å². The van der Waals surface area contributed by atoms with Gasteiger partial charge >= 0.3 is 0 Å². The quantitative estimate of drug-likeness (QED) is 0.707. The number of nitrogens with one attached hydrogen (secondary N) is 3. The van der Waals surface area contributed by atoms with E-state index in [1.54, 1.807) is 6.07 Å². The minimum Gasteiger partial charge on any atom is -0.345 e. The van der Waals surface area contributed by atoms with E-state index in [-0.39, 0.29) is 24.6 Å². The maximum absolute atomic E-state index is 12.8. The number of halogens is 1. The van der Waals surface area contributed by atoms with E-state index in [2.05, 4.69) is 16.0 Å². The highest BCUT2D eigenvalue weighted by atomic mass is 19.1. The highest BCUT2D eigenvalue weighted by Crippen LogP contribution is 2.14. The molecule has 0 aliphatic carbocycles. The molecule has 0 unspecified atom stereocenters. The standard InChI is InChI=1S/C19H20FN3O3/c1-2-13-5-3-4-6-16(13)23-18(25)12-21-17(24)11-22-19(26)14-7-9-15(20)10-8-14/h3-10H,2,11-12H2,1H3,(H,21,24)(H,22,26)(H,23,25). The Morgan fingerprint density at radius 3 is 2.23 bits per heavy atom. The zero-order valence-corrected chi connectivity index (χ0v) is 14.3. The van der Waals surface area contributed by atoms with E-state index in [1.165, 1.54) is 12.1 Å². The number of rotatable bonds is 7. The summed E-state index contributed by atoms with van der Waals surface area (Å²) in [6, 6.07) is 12.4. The van der Waals surface area contributed by atoms with Crippen molar-refractivity contribution in [3.8, 4) is 0 Å². The van der Waals surface area contributed by atoms with Gasteiger partial charge in [0.1, 0.15) is 5.82 Å². The van der Waals surface area contributed by atoms with Crippen LogP contribution in [0.1, 0.15) is 22.8 Å². The van der Waals surface area contributed by atoms with Gasteiger partial charge in [-0.1, -0.05) is 25.1 Å². The first-order chi connectivity index (χ1) is 12.5. The van der Waals surface area contributed by atoms with Crippen LogP contribution in [0.5, 0.6) is 0 Å². The Morgan fingerprint density at radius 2 is 1.54 bits per heavy atom. The zero-order valence-electron chi connectivity index (χ0n) is 14.3. The van der Waals surface area contributed by atoms with Crippen LogP contribution >= 0.6 is 0 Å². The topological polar surface area (TPSA) is 87.3 Å². The predicted octanol–water partition coefficient (Wildman–Crippen LogP) is 1.87. The molecular weight excluding hydrogens is 337 g/mol. The second-order valence-electron chi connectivity index (χ2n) is 5.53. The predicted molar refractivity (Wildman–Crippen MR) is 96.2 cm³/mol. The third-order valence-corrected chi connectivity index (χ3v) is 3.63. The first-order valence-corrected chi connectivity index (χ1v) is 8.17. The van der Waals surface area contributed by atoms with E-state index in [1.807, 2.05) is 25.1 Å². The van der Waals surface area contributed by atoms with E-state index >= 15 is 0 Å². The number of amides is 3. The van der Waals surface area contributed by atoms with Gasteiger partial charge in [-0.05, 0) is 42.3 Å². The number of anilines is 1. The van der Waals surface area contributed by atoms with Crippen LogP contribution in [0, 0.1) is 5.82 Å². The van der Waals surface area contributed by atoms with Crippen LogP contribution in [-0.4, -0.2) is 30.8 Å². The van der Waals surface area contributed by atoms with Crippen LogP contribution in [0.3, 0.4) is 0 Å². The number of hydrogen-bond acceptors (Lipinski definition) is 3. The second kappa shape index (κ2) is 9.31. The molecule has 2 aromatic carbocycles. The lowest BCUT2D eigenvalue weighted by molar-refractivity contribution is -0.123. The molecule has 0 fully saturated rings. The number of hydrogen-bond donors (Lipinski definition) is 3. The molecule has 3 amide bonds. The molecule has 0 atom stereocenters. The monoisotopic (exact) mass is 357 g/mol. The van der Waals surface area contributed by atoms with Crippen molar-refractivity contribution in [3.05, 3.63) is 65.5 Å². The number of carbonyl (C=O) groups is 3. The Morgan fingerprint density at radius 1 is 0.885 bits per heavy atom. The van der Waals surface area contributed by atoms with Gasteiger partial charge in [0.05, 0.1) is 13.1 Å². The summed E-state index contributed by atoms with van der Waals surface area (Å²) in [5, 5.41) is 7.57. The van der Waals surface area contributed by atoms with E-state index in [4.69, 9.17) is 0 Å². The normalized spacial score (nSPS) is 10.1. The maximum atomic E-state index is 12.8. The van der Waals surface area contributed by atoms with E-state index in [9.17, 15) is 18.8 Å². The van der Waals surface area contributed by atoms with Crippen LogP contribution in [0.25, 0.3) is 0 Å². The van der Waals surface area contributed by atoms with Crippen LogP contribution in [-0.2, 0) is 16.0 Å². The minimum absolute atomic E-state index is 0.205. The van der Waals surface area contributed by atoms with Crippen molar-refractivity contribution in [1.29, 1.82) is 0 Å². The molecule has 0 spiro atoms. The molecule has 26 heavy (non-hydrogen) atoms. The summed E-state index contributed by atoms with van der Waals surface area (Å²) in [6.45, 7) is 1.49. The molecule has 0 saturated heterocycles. The number of benzene rings is 2. The van der Waals surface area contributed by atoms with Crippen molar-refractivity contribution < 1.29 is 18.8 Å². The SMILES string of the molecule is CCc1ccccc1NC(=O)CNC(=O)CNC(=O)c1ccc(F)cc1. The fourth-order valence-corrected chi connectivity index (χ4v) is 2.25. The van der Waals surface area contributed by atoms with Crippen molar-refractivity contribution in [2.45, 2.75) is 13.3 Å². The highest BCUT2D eigenvalue weighted by molar-refractivity contribution is 5.98. The second-order valence-corrected chi connectivity index (χ2v) is 5.53. The summed E-state index contributed by atoms with van der Waals surface area (Å²) < 4.78 is 12.8. The lowest BCUT2D eigenvalue weighted by atomic mass is 10.1. The smallest absolute Gasteiger partial charge is 0.251 e. The van der Waals surface area contributed by atoms with Crippen molar-refractivity contribution in [1.82, 2.24) is 10.6 Å². The molecule has 2 rings (SSSR count). The van der Waals surface area contributed by atoms with Gasteiger partial charge in [0.15, 0.2) is 0 Å². The van der Waals surface area contributed by atoms with Gasteiger partial charge in [0.2, 0.25) is 11.8 Å². The van der Waals surface area contributed by atoms with Crippen molar-refractivity contribution in [2.24, 2.45) is 0 Å². The van der Waals surface area contributed by atoms with Crippen LogP contribution in [0.2, 0.25) is 0 Å². The zero-order chi connectivity index (χ0) is 18.9. The van der Waals surface area contributed by atoms with Gasteiger partial charge < -0.3 is 16.0 Å². The Balaban J connectivity index is 1.75. The molecule has 7 heteroatoms. The van der Waals surface area contributed by atoms with Crippen molar-refractivity contribution in [2.75, 3.05) is 18.4 Å². The first-order valence-electron chi connectivity index (χ1n) is 8.17. The van der Waals surface area contributed by atoms with Gasteiger partial charge in [0, 0.05) is 11.3 Å². The van der Waals surface area contributed by atoms with Crippen molar-refractivity contribution in [3.63, 3.8) is 0 Å². The molecule has 136 valence electrons. The Bertz CT molecular complexity index is 791. The van der Waals surface area contributed by atoms with E-state index in [0.29, 0.717) is 5.69 Å². The lowest BCUT2D eigenvalue weighted by Gasteiger charge is -2.10. The van der Waals surface area contributed by atoms with Gasteiger partial charge in [0.25, 0.3) is 5.91 Å². The summed E-state index contributed by atoms with van der Waals surface area (Å²) in [4.78, 5) is 35.5. The molecule has 0 radical (unpaired) electrons. The number of para-hydroxylation sites is 1. The number of aryl methyl sites for hydroxylation is 1. The van der Waals surface area contributed by atoms with E-state index in [0.717, 1.165) is 24.1 Å². The summed E-state index contributed by atoms with van der Waals surface area (Å²) in [7, 11) is 0. The van der Waals surface area contributed by atoms with Crippen LogP contribution < -0.4 is 16.0 Å². The van der Waals surface area contributed by atoms with E-state index < -0.39 is 17.6 Å². The third kappa shape index (κ3) is 5.70. The van der Waals surface area contributed by atoms with Crippen LogP contribution in [0.4, 0.5) is 10.1 Å². The molecule has 0 heterocycles. The van der Waals surface area contributed by atoms with Crippen LogP contribution in [0.15, 0.2) is 48.5 Å². The Kier molecular flexibility index (Phi) is 6.84. The molecule has 6 nitrogen and oxygen atoms in total. The molecule has 3 N–H and O–H groups in total. The molecule has 0 aliphatic heterocycles.